The van der Waals surface area contributed by atoms with Crippen molar-refractivity contribution in [1.29, 1.82) is 5.26 Å². The van der Waals surface area contributed by atoms with Crippen LogP contribution in [0.15, 0.2) is 24.3 Å². The zero-order valence-corrected chi connectivity index (χ0v) is 7.69. The van der Waals surface area contributed by atoms with Crippen LogP contribution in [0.4, 0.5) is 0 Å². The van der Waals surface area contributed by atoms with Gasteiger partial charge in [0, 0.05) is 6.08 Å². The fourth-order valence-corrected chi connectivity index (χ4v) is 1.15. The van der Waals surface area contributed by atoms with E-state index >= 15 is 0 Å². The van der Waals surface area contributed by atoms with Crippen molar-refractivity contribution in [1.82, 2.24) is 0 Å². The lowest BCUT2D eigenvalue weighted by Gasteiger charge is -2.01. The third kappa shape index (κ3) is 2.20. The lowest BCUT2D eigenvalue weighted by Crippen LogP contribution is -1.90. The highest BCUT2D eigenvalue weighted by Crippen LogP contribution is 2.14. The second kappa shape index (κ2) is 4.24. The summed E-state index contributed by atoms with van der Waals surface area (Å²) in [5.74, 6) is -1.02. The van der Waals surface area contributed by atoms with Gasteiger partial charge in [0.1, 0.15) is 0 Å². The number of carboxylic acids is 1. The molecule has 1 aromatic carbocycles. The van der Waals surface area contributed by atoms with E-state index < -0.39 is 5.97 Å². The van der Waals surface area contributed by atoms with Gasteiger partial charge >= 0.3 is 5.97 Å². The maximum Gasteiger partial charge on any atom is 0.328 e. The lowest BCUT2D eigenvalue weighted by atomic mass is 10.0. The number of nitriles is 1. The Morgan fingerprint density at radius 3 is 2.86 bits per heavy atom. The maximum atomic E-state index is 10.3. The molecule has 70 valence electrons. The summed E-state index contributed by atoms with van der Waals surface area (Å²) in [5, 5.41) is 17.2. The fourth-order valence-electron chi connectivity index (χ4n) is 1.15. The number of benzene rings is 1. The van der Waals surface area contributed by atoms with Gasteiger partial charge in [0.05, 0.1) is 11.6 Å². The van der Waals surface area contributed by atoms with E-state index in [-0.39, 0.29) is 0 Å². The lowest BCUT2D eigenvalue weighted by molar-refractivity contribution is -0.131. The predicted octanol–water partition coefficient (Wildman–Crippen LogP) is 1.96. The summed E-state index contributed by atoms with van der Waals surface area (Å²) in [5.41, 5.74) is 2.04. The van der Waals surface area contributed by atoms with Crippen LogP contribution in [0.3, 0.4) is 0 Å². The normalized spacial score (nSPS) is 10.0. The Kier molecular flexibility index (Phi) is 3.03. The first-order chi connectivity index (χ1) is 6.65. The van der Waals surface area contributed by atoms with Gasteiger partial charge in [0.25, 0.3) is 0 Å². The van der Waals surface area contributed by atoms with Crippen LogP contribution >= 0.6 is 0 Å². The summed E-state index contributed by atoms with van der Waals surface area (Å²) in [6, 6.07) is 7.28. The van der Waals surface area contributed by atoms with Crippen LogP contribution in [-0.2, 0) is 4.79 Å². The van der Waals surface area contributed by atoms with Gasteiger partial charge in [-0.2, -0.15) is 5.26 Å². The highest BCUT2D eigenvalue weighted by Gasteiger charge is 2.01. The van der Waals surface area contributed by atoms with E-state index in [1.54, 1.807) is 12.1 Å². The molecule has 0 aliphatic carbocycles. The standard InChI is InChI=1S/C11H9NO2/c1-8-3-2-4-9(7-12)10(8)5-6-11(13)14/h2-6H,1H3,(H,13,14)/b6-5+. The molecule has 3 heteroatoms. The van der Waals surface area contributed by atoms with Crippen molar-refractivity contribution in [2.24, 2.45) is 0 Å². The molecule has 0 heterocycles. The molecule has 0 fully saturated rings. The molecule has 0 aliphatic heterocycles. The Morgan fingerprint density at radius 1 is 1.57 bits per heavy atom. The fraction of sp³-hybridized carbons (Fsp3) is 0.0909. The summed E-state index contributed by atoms with van der Waals surface area (Å²) in [4.78, 5) is 10.3. The van der Waals surface area contributed by atoms with Crippen LogP contribution in [0, 0.1) is 18.3 Å². The first kappa shape index (κ1) is 10.0. The van der Waals surface area contributed by atoms with E-state index in [1.807, 2.05) is 19.1 Å². The molecule has 14 heavy (non-hydrogen) atoms. The zero-order valence-electron chi connectivity index (χ0n) is 7.69. The molecule has 0 saturated heterocycles. The van der Waals surface area contributed by atoms with Gasteiger partial charge in [-0.1, -0.05) is 12.1 Å². The molecule has 0 unspecified atom stereocenters. The van der Waals surface area contributed by atoms with E-state index in [1.165, 1.54) is 6.08 Å². The van der Waals surface area contributed by atoms with Crippen LogP contribution < -0.4 is 0 Å². The molecule has 0 saturated carbocycles. The van der Waals surface area contributed by atoms with Crippen LogP contribution in [0.2, 0.25) is 0 Å². The number of aryl methyl sites for hydroxylation is 1. The van der Waals surface area contributed by atoms with Gasteiger partial charge in [0.15, 0.2) is 0 Å². The van der Waals surface area contributed by atoms with E-state index in [0.717, 1.165) is 11.6 Å². The van der Waals surface area contributed by atoms with Gasteiger partial charge in [-0.15, -0.1) is 0 Å². The molecule has 0 bridgehead atoms. The molecule has 1 rings (SSSR count). The van der Waals surface area contributed by atoms with Crippen molar-refractivity contribution >= 4 is 12.0 Å². The van der Waals surface area contributed by atoms with E-state index in [0.29, 0.717) is 11.1 Å². The average molecular weight is 187 g/mol. The number of carboxylic acid groups (broad SMARTS) is 1. The second-order valence-electron chi connectivity index (χ2n) is 2.82. The largest absolute Gasteiger partial charge is 0.478 e. The van der Waals surface area contributed by atoms with Crippen molar-refractivity contribution in [3.8, 4) is 6.07 Å². The van der Waals surface area contributed by atoms with Gasteiger partial charge < -0.3 is 5.11 Å². The summed E-state index contributed by atoms with van der Waals surface area (Å²) >= 11 is 0. The number of hydrogen-bond donors (Lipinski definition) is 1. The molecule has 1 aromatic rings. The Morgan fingerprint density at radius 2 is 2.29 bits per heavy atom. The molecule has 3 nitrogen and oxygen atoms in total. The Balaban J connectivity index is 3.19. The number of rotatable bonds is 2. The molecule has 0 radical (unpaired) electrons. The van der Waals surface area contributed by atoms with Crippen molar-refractivity contribution in [2.75, 3.05) is 0 Å². The topological polar surface area (TPSA) is 61.1 Å². The van der Waals surface area contributed by atoms with E-state index in [9.17, 15) is 4.79 Å². The van der Waals surface area contributed by atoms with E-state index in [4.69, 9.17) is 10.4 Å². The van der Waals surface area contributed by atoms with Crippen molar-refractivity contribution in [2.45, 2.75) is 6.92 Å². The maximum absolute atomic E-state index is 10.3. The molecule has 0 amide bonds. The third-order valence-corrected chi connectivity index (χ3v) is 1.84. The molecule has 0 aliphatic rings. The summed E-state index contributed by atoms with van der Waals surface area (Å²) in [6.45, 7) is 1.84. The Labute approximate surface area is 81.9 Å². The molecule has 1 N–H and O–H groups in total. The molecular formula is C11H9NO2. The SMILES string of the molecule is Cc1cccc(C#N)c1/C=C/C(=O)O. The first-order valence-electron chi connectivity index (χ1n) is 4.06. The summed E-state index contributed by atoms with van der Waals surface area (Å²) in [7, 11) is 0. The van der Waals surface area contributed by atoms with Crippen molar-refractivity contribution < 1.29 is 9.90 Å². The molecular weight excluding hydrogens is 178 g/mol. The summed E-state index contributed by atoms with van der Waals surface area (Å²) < 4.78 is 0. The van der Waals surface area contributed by atoms with Crippen molar-refractivity contribution in [3.05, 3.63) is 41.0 Å². The molecule has 0 aromatic heterocycles. The van der Waals surface area contributed by atoms with Gasteiger partial charge in [-0.3, -0.25) is 0 Å². The number of hydrogen-bond acceptors (Lipinski definition) is 2. The van der Waals surface area contributed by atoms with Crippen LogP contribution in [0.25, 0.3) is 6.08 Å². The quantitative estimate of drug-likeness (QED) is 0.720. The zero-order chi connectivity index (χ0) is 10.6. The van der Waals surface area contributed by atoms with Gasteiger partial charge in [-0.25, -0.2) is 4.79 Å². The third-order valence-electron chi connectivity index (χ3n) is 1.84. The first-order valence-corrected chi connectivity index (χ1v) is 4.06. The van der Waals surface area contributed by atoms with Gasteiger partial charge in [0.2, 0.25) is 0 Å². The van der Waals surface area contributed by atoms with Crippen LogP contribution in [0.5, 0.6) is 0 Å². The highest BCUT2D eigenvalue weighted by molar-refractivity contribution is 5.86. The average Bonchev–Trinajstić information content (AvgIpc) is 2.15. The smallest absolute Gasteiger partial charge is 0.328 e. The van der Waals surface area contributed by atoms with Crippen LogP contribution in [0.1, 0.15) is 16.7 Å². The number of nitrogens with zero attached hydrogens (tertiary/aromatic N) is 1. The minimum atomic E-state index is -1.02. The number of aliphatic carboxylic acids is 1. The highest BCUT2D eigenvalue weighted by atomic mass is 16.4. The number of carbonyl (C=O) groups is 1. The monoisotopic (exact) mass is 187 g/mol. The van der Waals surface area contributed by atoms with Crippen LogP contribution in [-0.4, -0.2) is 11.1 Å². The Bertz CT molecular complexity index is 427. The Hall–Kier alpha value is -2.08. The predicted molar refractivity (Wildman–Crippen MR) is 52.6 cm³/mol. The summed E-state index contributed by atoms with van der Waals surface area (Å²) in [6.07, 6.45) is 2.47. The molecule has 0 atom stereocenters. The van der Waals surface area contributed by atoms with E-state index in [2.05, 4.69) is 0 Å². The molecule has 0 spiro atoms. The minimum Gasteiger partial charge on any atom is -0.478 e. The minimum absolute atomic E-state index is 0.488. The van der Waals surface area contributed by atoms with Gasteiger partial charge in [-0.05, 0) is 30.2 Å². The van der Waals surface area contributed by atoms with Crippen molar-refractivity contribution in [3.63, 3.8) is 0 Å². The second-order valence-corrected chi connectivity index (χ2v) is 2.82.